The highest BCUT2D eigenvalue weighted by atomic mass is 35.5. The minimum absolute atomic E-state index is 0. The van der Waals surface area contributed by atoms with E-state index in [-0.39, 0.29) is 12.4 Å². The van der Waals surface area contributed by atoms with E-state index in [1.165, 1.54) is 7.11 Å². The van der Waals surface area contributed by atoms with Crippen LogP contribution < -0.4 is 22.5 Å². The molecule has 5 heteroatoms. The van der Waals surface area contributed by atoms with Crippen molar-refractivity contribution in [1.29, 1.82) is 0 Å². The van der Waals surface area contributed by atoms with Gasteiger partial charge in [0.15, 0.2) is 0 Å². The van der Waals surface area contributed by atoms with E-state index in [1.807, 2.05) is 0 Å². The molecular weight excluding hydrogens is 242 g/mol. The monoisotopic (exact) mass is 262 g/mol. The molecule has 1 unspecified atom stereocenters. The van der Waals surface area contributed by atoms with Crippen molar-refractivity contribution >= 4 is 0 Å². The molecule has 98 valence electrons. The standard InChI is InChI=1S/C12H19NO3.ClH/c1-8(2)13-7-11(15)9-4-5-10(14)12(6-9)16-3;/h4-6,8,11,13-15H,7H2,1-3H3;1H/p+1. The summed E-state index contributed by atoms with van der Waals surface area (Å²) in [6, 6.07) is 5.60. The van der Waals surface area contributed by atoms with Crippen LogP contribution in [0.3, 0.4) is 0 Å². The predicted octanol–water partition coefficient (Wildman–Crippen LogP) is -2.86. The molecule has 0 saturated carbocycles. The highest BCUT2D eigenvalue weighted by Crippen LogP contribution is 2.28. The molecular formula is C12H21ClNO3+. The highest BCUT2D eigenvalue weighted by Gasteiger charge is 2.14. The van der Waals surface area contributed by atoms with Crippen molar-refractivity contribution in [2.45, 2.75) is 26.0 Å². The fraction of sp³-hybridized carbons (Fsp3) is 0.500. The van der Waals surface area contributed by atoms with Gasteiger partial charge < -0.3 is 32.7 Å². The third-order valence-corrected chi connectivity index (χ3v) is 2.44. The van der Waals surface area contributed by atoms with Crippen molar-refractivity contribution < 1.29 is 32.7 Å². The minimum Gasteiger partial charge on any atom is -1.00 e. The number of halogens is 1. The van der Waals surface area contributed by atoms with Crippen LogP contribution in [0.25, 0.3) is 0 Å². The van der Waals surface area contributed by atoms with Gasteiger partial charge in [-0.3, -0.25) is 0 Å². The lowest BCUT2D eigenvalue weighted by Gasteiger charge is -2.12. The molecule has 0 heterocycles. The first-order valence-electron chi connectivity index (χ1n) is 5.45. The molecule has 4 nitrogen and oxygen atoms in total. The van der Waals surface area contributed by atoms with Gasteiger partial charge in [-0.15, -0.1) is 0 Å². The zero-order chi connectivity index (χ0) is 12.1. The molecule has 1 rings (SSSR count). The Morgan fingerprint density at radius 1 is 1.41 bits per heavy atom. The fourth-order valence-corrected chi connectivity index (χ4v) is 1.45. The van der Waals surface area contributed by atoms with Gasteiger partial charge in [0.05, 0.1) is 13.2 Å². The number of hydrogen-bond donors (Lipinski definition) is 2. The second-order valence-corrected chi connectivity index (χ2v) is 4.19. The Balaban J connectivity index is 0.00000256. The first kappa shape index (κ1) is 16.0. The zero-order valence-electron chi connectivity index (χ0n) is 10.4. The van der Waals surface area contributed by atoms with E-state index in [9.17, 15) is 5.11 Å². The molecule has 17 heavy (non-hydrogen) atoms. The summed E-state index contributed by atoms with van der Waals surface area (Å²) in [7, 11) is 1.53. The van der Waals surface area contributed by atoms with E-state index in [4.69, 9.17) is 9.84 Å². The Bertz CT molecular complexity index is 345. The summed E-state index contributed by atoms with van der Waals surface area (Å²) in [6.45, 7) is 4.79. The lowest BCUT2D eigenvalue weighted by molar-refractivity contribution is -0.689. The number of aliphatic hydroxyl groups is 1. The molecule has 0 bridgehead atoms. The van der Waals surface area contributed by atoms with Gasteiger partial charge in [-0.2, -0.15) is 0 Å². The summed E-state index contributed by atoms with van der Waals surface area (Å²) in [5.41, 5.74) is 0.796. The molecule has 5 N–H and O–H groups in total. The van der Waals surface area contributed by atoms with Gasteiger partial charge in [-0.25, -0.2) is 0 Å². The number of aliphatic hydroxyl groups excluding tert-OH is 1. The van der Waals surface area contributed by atoms with E-state index in [0.717, 1.165) is 5.56 Å². The van der Waals surface area contributed by atoms with Gasteiger partial charge in [0.25, 0.3) is 5.75 Å². The van der Waals surface area contributed by atoms with Crippen LogP contribution in [0.4, 0.5) is 0 Å². The number of nitrogens with two attached hydrogens (primary N) is 1. The van der Waals surface area contributed by atoms with Crippen LogP contribution >= 0.6 is 0 Å². The van der Waals surface area contributed by atoms with Crippen LogP contribution in [0, 0.1) is 0 Å². The fourth-order valence-electron chi connectivity index (χ4n) is 1.45. The summed E-state index contributed by atoms with van der Waals surface area (Å²) in [4.78, 5) is 0. The normalized spacial score (nSPS) is 12.1. The van der Waals surface area contributed by atoms with Crippen molar-refractivity contribution in [1.82, 2.24) is 0 Å². The van der Waals surface area contributed by atoms with Crippen molar-refractivity contribution in [3.8, 4) is 11.5 Å². The molecule has 0 aliphatic rings. The summed E-state index contributed by atoms with van der Waals surface area (Å²) in [6.07, 6.45) is -0.517. The molecule has 0 fully saturated rings. The maximum absolute atomic E-state index is 9.93. The lowest BCUT2D eigenvalue weighted by atomic mass is 10.1. The number of methoxy groups -OCH3 is 1. The van der Waals surface area contributed by atoms with Gasteiger partial charge in [0.1, 0.15) is 12.6 Å². The Morgan fingerprint density at radius 3 is 2.59 bits per heavy atom. The van der Waals surface area contributed by atoms with Gasteiger partial charge in [0.2, 0.25) is 5.75 Å². The second-order valence-electron chi connectivity index (χ2n) is 4.19. The Kier molecular flexibility index (Phi) is 6.95. The van der Waals surface area contributed by atoms with Crippen LogP contribution in [0.1, 0.15) is 25.5 Å². The van der Waals surface area contributed by atoms with Crippen LogP contribution in [0.2, 0.25) is 0 Å². The molecule has 1 atom stereocenters. The highest BCUT2D eigenvalue weighted by molar-refractivity contribution is 5.42. The van der Waals surface area contributed by atoms with Crippen molar-refractivity contribution in [3.05, 3.63) is 23.8 Å². The third-order valence-electron chi connectivity index (χ3n) is 2.44. The van der Waals surface area contributed by atoms with E-state index in [2.05, 4.69) is 19.2 Å². The number of quaternary nitrogens is 1. The molecule has 0 spiro atoms. The van der Waals surface area contributed by atoms with E-state index >= 15 is 0 Å². The second kappa shape index (κ2) is 7.37. The Hall–Kier alpha value is -0.970. The van der Waals surface area contributed by atoms with E-state index in [0.29, 0.717) is 24.1 Å². The van der Waals surface area contributed by atoms with Gasteiger partial charge in [-0.05, 0) is 31.5 Å². The van der Waals surface area contributed by atoms with Crippen molar-refractivity contribution in [3.63, 3.8) is 0 Å². The van der Waals surface area contributed by atoms with Crippen molar-refractivity contribution in [2.75, 3.05) is 13.7 Å². The smallest absolute Gasteiger partial charge is 0.296 e. The van der Waals surface area contributed by atoms with E-state index < -0.39 is 6.10 Å². The molecule has 1 aromatic rings. The quantitative estimate of drug-likeness (QED) is 0.561. The van der Waals surface area contributed by atoms with Crippen molar-refractivity contribution in [2.24, 2.45) is 0 Å². The third kappa shape index (κ3) is 4.81. The van der Waals surface area contributed by atoms with Crippen LogP contribution in [0.15, 0.2) is 18.2 Å². The number of rotatable bonds is 5. The average molecular weight is 263 g/mol. The molecule has 0 saturated heterocycles. The molecule has 0 aliphatic heterocycles. The van der Waals surface area contributed by atoms with Crippen LogP contribution in [-0.2, 0) is 0 Å². The maximum Gasteiger partial charge on any atom is 0.296 e. The van der Waals surface area contributed by atoms with E-state index in [1.54, 1.807) is 18.2 Å². The average Bonchev–Trinajstić information content (AvgIpc) is 2.26. The zero-order valence-corrected chi connectivity index (χ0v) is 11.2. The summed E-state index contributed by atoms with van der Waals surface area (Å²) < 4.78 is 5.05. The first-order chi connectivity index (χ1) is 7.54. The molecule has 0 aliphatic carbocycles. The molecule has 1 aromatic carbocycles. The lowest BCUT2D eigenvalue weighted by Crippen LogP contribution is -3.00. The van der Waals surface area contributed by atoms with Gasteiger partial charge in [0, 0.05) is 6.07 Å². The SMILES string of the molecule is COc1cc(C(O)C[NH2+]C(C)C)ccc1[OH2+].[Cl-]. The predicted molar refractivity (Wildman–Crippen MR) is 62.9 cm³/mol. The molecule has 0 amide bonds. The minimum atomic E-state index is -0.517. The van der Waals surface area contributed by atoms with Crippen LogP contribution in [0.5, 0.6) is 11.5 Å². The summed E-state index contributed by atoms with van der Waals surface area (Å²) >= 11 is 0. The summed E-state index contributed by atoms with van der Waals surface area (Å²) in [5, 5.41) is 19.6. The van der Waals surface area contributed by atoms with Gasteiger partial charge in [-0.1, -0.05) is 0 Å². The summed E-state index contributed by atoms with van der Waals surface area (Å²) in [5.74, 6) is 0.840. The molecule has 0 radical (unpaired) electrons. The topological polar surface area (TPSA) is 69.0 Å². The Morgan fingerprint density at radius 2 is 2.06 bits per heavy atom. The largest absolute Gasteiger partial charge is 1.00 e. The number of ether oxygens (including phenoxy) is 1. The first-order valence-corrected chi connectivity index (χ1v) is 5.45. The maximum atomic E-state index is 9.93. The number of benzene rings is 1. The molecule has 0 aromatic heterocycles. The van der Waals surface area contributed by atoms with Crippen LogP contribution in [-0.4, -0.2) is 29.9 Å². The Labute approximate surface area is 108 Å². The number of hydrogen-bond acceptors (Lipinski definition) is 2. The van der Waals surface area contributed by atoms with Gasteiger partial charge >= 0.3 is 0 Å².